The molecule has 5 heteroatoms. The van der Waals surface area contributed by atoms with E-state index < -0.39 is 0 Å². The number of aromatic nitrogens is 1. The Kier molecular flexibility index (Phi) is 4.96. The first-order valence-electron chi connectivity index (χ1n) is 9.20. The topological polar surface area (TPSA) is 55.1 Å². The number of anilines is 1. The largest absolute Gasteiger partial charge is 0.436 e. The van der Waals surface area contributed by atoms with E-state index in [1.165, 1.54) is 12.1 Å². The fourth-order valence-electron chi connectivity index (χ4n) is 3.26. The van der Waals surface area contributed by atoms with Crippen molar-refractivity contribution in [3.63, 3.8) is 0 Å². The van der Waals surface area contributed by atoms with Crippen molar-refractivity contribution in [2.45, 2.75) is 13.8 Å². The number of hydrogen-bond donors (Lipinski definition) is 1. The molecule has 0 aliphatic carbocycles. The van der Waals surface area contributed by atoms with Crippen LogP contribution in [0.1, 0.15) is 21.5 Å². The van der Waals surface area contributed by atoms with Crippen molar-refractivity contribution in [1.82, 2.24) is 4.98 Å². The first-order valence-corrected chi connectivity index (χ1v) is 9.20. The Morgan fingerprint density at radius 2 is 1.66 bits per heavy atom. The van der Waals surface area contributed by atoms with Gasteiger partial charge in [-0.15, -0.1) is 0 Å². The molecule has 29 heavy (non-hydrogen) atoms. The second-order valence-electron chi connectivity index (χ2n) is 6.91. The molecule has 4 rings (SSSR count). The highest BCUT2D eigenvalue weighted by molar-refractivity contribution is 6.08. The van der Waals surface area contributed by atoms with Gasteiger partial charge in [-0.2, -0.15) is 0 Å². The SMILES string of the molecule is Cc1cc(C)cc(NC(=O)c2ccccc2-c2ncc(-c3ccc(F)cc3)o2)c1. The van der Waals surface area contributed by atoms with E-state index in [-0.39, 0.29) is 11.7 Å². The smallest absolute Gasteiger partial charge is 0.256 e. The lowest BCUT2D eigenvalue weighted by Crippen LogP contribution is -2.13. The molecule has 1 aromatic heterocycles. The van der Waals surface area contributed by atoms with Gasteiger partial charge in [-0.05, 0) is 73.5 Å². The van der Waals surface area contributed by atoms with Crippen molar-refractivity contribution in [2.75, 3.05) is 5.32 Å². The summed E-state index contributed by atoms with van der Waals surface area (Å²) in [5, 5.41) is 2.94. The van der Waals surface area contributed by atoms with Crippen LogP contribution in [0.2, 0.25) is 0 Å². The number of carbonyl (C=O) groups is 1. The molecule has 1 heterocycles. The Morgan fingerprint density at radius 1 is 0.966 bits per heavy atom. The number of oxazole rings is 1. The van der Waals surface area contributed by atoms with Gasteiger partial charge in [-0.1, -0.05) is 18.2 Å². The third-order valence-corrected chi connectivity index (χ3v) is 4.52. The Bertz CT molecular complexity index is 1160. The van der Waals surface area contributed by atoms with Crippen molar-refractivity contribution < 1.29 is 13.6 Å². The van der Waals surface area contributed by atoms with E-state index in [0.29, 0.717) is 28.3 Å². The lowest BCUT2D eigenvalue weighted by molar-refractivity contribution is 0.102. The Hall–Kier alpha value is -3.73. The molecule has 0 radical (unpaired) electrons. The van der Waals surface area contributed by atoms with Crippen LogP contribution in [-0.4, -0.2) is 10.9 Å². The average Bonchev–Trinajstić information content (AvgIpc) is 3.18. The van der Waals surface area contributed by atoms with Gasteiger partial charge in [0.05, 0.1) is 11.8 Å². The number of aryl methyl sites for hydroxylation is 2. The lowest BCUT2D eigenvalue weighted by atomic mass is 10.1. The van der Waals surface area contributed by atoms with Gasteiger partial charge in [0.2, 0.25) is 5.89 Å². The molecule has 1 amide bonds. The maximum Gasteiger partial charge on any atom is 0.256 e. The monoisotopic (exact) mass is 386 g/mol. The second-order valence-corrected chi connectivity index (χ2v) is 6.91. The summed E-state index contributed by atoms with van der Waals surface area (Å²) < 4.78 is 19.0. The molecule has 144 valence electrons. The summed E-state index contributed by atoms with van der Waals surface area (Å²) in [4.78, 5) is 17.2. The number of carbonyl (C=O) groups excluding carboxylic acids is 1. The van der Waals surface area contributed by atoms with Crippen LogP contribution in [0, 0.1) is 19.7 Å². The molecule has 4 aromatic rings. The minimum absolute atomic E-state index is 0.243. The third kappa shape index (κ3) is 4.09. The highest BCUT2D eigenvalue weighted by atomic mass is 19.1. The van der Waals surface area contributed by atoms with Crippen molar-refractivity contribution in [3.05, 3.63) is 95.4 Å². The highest BCUT2D eigenvalue weighted by Gasteiger charge is 2.17. The maximum absolute atomic E-state index is 13.2. The predicted molar refractivity (Wildman–Crippen MR) is 111 cm³/mol. The molecule has 0 saturated heterocycles. The fraction of sp³-hybridized carbons (Fsp3) is 0.0833. The summed E-state index contributed by atoms with van der Waals surface area (Å²) in [6.07, 6.45) is 1.57. The number of hydrogen-bond acceptors (Lipinski definition) is 3. The minimum atomic E-state index is -0.318. The van der Waals surface area contributed by atoms with Crippen molar-refractivity contribution in [3.8, 4) is 22.8 Å². The van der Waals surface area contributed by atoms with E-state index in [0.717, 1.165) is 16.8 Å². The summed E-state index contributed by atoms with van der Waals surface area (Å²) >= 11 is 0. The molecule has 0 bridgehead atoms. The Labute approximate surface area is 168 Å². The normalized spacial score (nSPS) is 10.7. The molecular weight excluding hydrogens is 367 g/mol. The zero-order valence-corrected chi connectivity index (χ0v) is 16.1. The van der Waals surface area contributed by atoms with E-state index in [2.05, 4.69) is 10.3 Å². The molecule has 0 spiro atoms. The number of nitrogens with zero attached hydrogens (tertiary/aromatic N) is 1. The number of benzene rings is 3. The van der Waals surface area contributed by atoms with Gasteiger partial charge in [-0.25, -0.2) is 9.37 Å². The summed E-state index contributed by atoms with van der Waals surface area (Å²) in [6, 6.07) is 19.0. The van der Waals surface area contributed by atoms with E-state index in [4.69, 9.17) is 4.42 Å². The first-order chi connectivity index (χ1) is 14.0. The number of amides is 1. The van der Waals surface area contributed by atoms with Crippen LogP contribution in [0.3, 0.4) is 0 Å². The zero-order valence-electron chi connectivity index (χ0n) is 16.1. The van der Waals surface area contributed by atoms with E-state index in [9.17, 15) is 9.18 Å². The molecule has 0 atom stereocenters. The van der Waals surface area contributed by atoms with Gasteiger partial charge < -0.3 is 9.73 Å². The van der Waals surface area contributed by atoms with Gasteiger partial charge in [0.1, 0.15) is 5.82 Å². The summed E-state index contributed by atoms with van der Waals surface area (Å²) in [6.45, 7) is 3.97. The number of nitrogens with one attached hydrogen (secondary N) is 1. The standard InChI is InChI=1S/C24H19FN2O2/c1-15-11-16(2)13-19(12-15)27-23(28)20-5-3-4-6-21(20)24-26-14-22(29-24)17-7-9-18(25)10-8-17/h3-14H,1-2H3,(H,27,28). The van der Waals surface area contributed by atoms with Crippen molar-refractivity contribution >= 4 is 11.6 Å². The van der Waals surface area contributed by atoms with Gasteiger partial charge >= 0.3 is 0 Å². The van der Waals surface area contributed by atoms with Crippen LogP contribution in [-0.2, 0) is 0 Å². The predicted octanol–water partition coefficient (Wildman–Crippen LogP) is 6.02. The van der Waals surface area contributed by atoms with Crippen LogP contribution in [0.5, 0.6) is 0 Å². The van der Waals surface area contributed by atoms with Crippen LogP contribution >= 0.6 is 0 Å². The van der Waals surface area contributed by atoms with Gasteiger partial charge in [0.25, 0.3) is 5.91 Å². The third-order valence-electron chi connectivity index (χ3n) is 4.52. The Morgan fingerprint density at radius 3 is 2.38 bits per heavy atom. The second kappa shape index (κ2) is 7.72. The molecule has 0 aliphatic heterocycles. The number of rotatable bonds is 4. The molecule has 0 unspecified atom stereocenters. The minimum Gasteiger partial charge on any atom is -0.436 e. The van der Waals surface area contributed by atoms with E-state index >= 15 is 0 Å². The summed E-state index contributed by atoms with van der Waals surface area (Å²) in [7, 11) is 0. The van der Waals surface area contributed by atoms with Gasteiger partial charge in [-0.3, -0.25) is 4.79 Å². The van der Waals surface area contributed by atoms with E-state index in [1.807, 2.05) is 38.1 Å². The molecule has 0 aliphatic rings. The Balaban J connectivity index is 1.65. The first kappa shape index (κ1) is 18.6. The molecule has 1 N–H and O–H groups in total. The molecule has 4 nitrogen and oxygen atoms in total. The highest BCUT2D eigenvalue weighted by Crippen LogP contribution is 2.29. The average molecular weight is 386 g/mol. The van der Waals surface area contributed by atoms with Crippen LogP contribution < -0.4 is 5.32 Å². The van der Waals surface area contributed by atoms with E-state index in [1.54, 1.807) is 36.5 Å². The summed E-state index contributed by atoms with van der Waals surface area (Å²) in [5.41, 5.74) is 4.64. The molecule has 0 saturated carbocycles. The van der Waals surface area contributed by atoms with Crippen molar-refractivity contribution in [1.29, 1.82) is 0 Å². The maximum atomic E-state index is 13.2. The fourth-order valence-corrected chi connectivity index (χ4v) is 3.26. The van der Waals surface area contributed by atoms with Crippen LogP contribution in [0.15, 0.2) is 77.3 Å². The van der Waals surface area contributed by atoms with Crippen molar-refractivity contribution in [2.24, 2.45) is 0 Å². The van der Waals surface area contributed by atoms with Crippen LogP contribution in [0.4, 0.5) is 10.1 Å². The number of halogens is 1. The molecule has 0 fully saturated rings. The molecular formula is C24H19FN2O2. The lowest BCUT2D eigenvalue weighted by Gasteiger charge is -2.10. The quantitative estimate of drug-likeness (QED) is 0.467. The molecule has 3 aromatic carbocycles. The van der Waals surface area contributed by atoms with Gasteiger partial charge in [0, 0.05) is 16.8 Å². The summed E-state index contributed by atoms with van der Waals surface area (Å²) in [5.74, 6) is 0.272. The van der Waals surface area contributed by atoms with Crippen LogP contribution in [0.25, 0.3) is 22.8 Å². The van der Waals surface area contributed by atoms with Gasteiger partial charge in [0.15, 0.2) is 5.76 Å². The zero-order chi connectivity index (χ0) is 20.4.